The predicted octanol–water partition coefficient (Wildman–Crippen LogP) is 1.80. The molecular weight excluding hydrogens is 224 g/mol. The van der Waals surface area contributed by atoms with Gasteiger partial charge in [-0.3, -0.25) is 0 Å². The first-order valence-electron chi connectivity index (χ1n) is 5.61. The minimum Gasteiger partial charge on any atom is -0.389 e. The second-order valence-corrected chi connectivity index (χ2v) is 4.53. The summed E-state index contributed by atoms with van der Waals surface area (Å²) in [5.74, 6) is 0. The molecule has 1 fully saturated rings. The van der Waals surface area contributed by atoms with Gasteiger partial charge in [-0.25, -0.2) is 0 Å². The number of aliphatic hydroxyl groups excluding tert-OH is 1. The van der Waals surface area contributed by atoms with E-state index in [2.05, 4.69) is 10.2 Å². The van der Waals surface area contributed by atoms with E-state index >= 15 is 0 Å². The molecule has 0 unspecified atom stereocenters. The van der Waals surface area contributed by atoms with Crippen molar-refractivity contribution in [3.05, 3.63) is 28.8 Å². The molecule has 1 aliphatic heterocycles. The molecule has 1 aliphatic rings. The summed E-state index contributed by atoms with van der Waals surface area (Å²) in [7, 11) is 0. The lowest BCUT2D eigenvalue weighted by molar-refractivity contribution is 0.199. The van der Waals surface area contributed by atoms with Crippen LogP contribution >= 0.6 is 11.6 Å². The molecule has 0 bridgehead atoms. The molecule has 2 rings (SSSR count). The normalized spacial score (nSPS) is 18.6. The Morgan fingerprint density at radius 1 is 1.38 bits per heavy atom. The predicted molar refractivity (Wildman–Crippen MR) is 67.2 cm³/mol. The number of nitrogens with one attached hydrogen (secondary N) is 1. The summed E-state index contributed by atoms with van der Waals surface area (Å²) in [6.07, 6.45) is -0.463. The molecule has 0 aromatic heterocycles. The monoisotopic (exact) mass is 240 g/mol. The zero-order valence-electron chi connectivity index (χ0n) is 9.41. The fourth-order valence-corrected chi connectivity index (χ4v) is 2.25. The largest absolute Gasteiger partial charge is 0.389 e. The second kappa shape index (κ2) is 5.04. The zero-order chi connectivity index (χ0) is 11.5. The number of anilines is 1. The van der Waals surface area contributed by atoms with Crippen LogP contribution in [0.25, 0.3) is 0 Å². The summed E-state index contributed by atoms with van der Waals surface area (Å²) in [4.78, 5) is 2.27. The van der Waals surface area contributed by atoms with E-state index in [9.17, 15) is 5.11 Å². The van der Waals surface area contributed by atoms with Crippen molar-refractivity contribution < 1.29 is 5.11 Å². The minimum absolute atomic E-state index is 0.463. The van der Waals surface area contributed by atoms with E-state index in [1.54, 1.807) is 6.92 Å². The molecule has 1 aromatic rings. The first-order valence-corrected chi connectivity index (χ1v) is 5.99. The number of halogens is 1. The Labute approximate surface area is 101 Å². The number of hydrogen-bond acceptors (Lipinski definition) is 3. The molecule has 0 radical (unpaired) electrons. The van der Waals surface area contributed by atoms with Gasteiger partial charge in [0.05, 0.1) is 16.8 Å². The second-order valence-electron chi connectivity index (χ2n) is 4.12. The first kappa shape index (κ1) is 11.7. The molecule has 1 aromatic carbocycles. The van der Waals surface area contributed by atoms with Gasteiger partial charge in [0.2, 0.25) is 0 Å². The minimum atomic E-state index is -0.463. The van der Waals surface area contributed by atoms with Gasteiger partial charge < -0.3 is 15.3 Å². The molecule has 3 nitrogen and oxygen atoms in total. The van der Waals surface area contributed by atoms with Gasteiger partial charge in [-0.15, -0.1) is 0 Å². The first-order chi connectivity index (χ1) is 7.68. The molecule has 2 N–H and O–H groups in total. The average Bonchev–Trinajstić information content (AvgIpc) is 2.30. The van der Waals surface area contributed by atoms with E-state index in [-0.39, 0.29) is 0 Å². The summed E-state index contributed by atoms with van der Waals surface area (Å²) in [5.41, 5.74) is 1.93. The maximum Gasteiger partial charge on any atom is 0.0762 e. The van der Waals surface area contributed by atoms with Gasteiger partial charge in [0, 0.05) is 26.2 Å². The van der Waals surface area contributed by atoms with Gasteiger partial charge in [0.25, 0.3) is 0 Å². The van der Waals surface area contributed by atoms with Gasteiger partial charge in [0.15, 0.2) is 0 Å². The summed E-state index contributed by atoms with van der Waals surface area (Å²) >= 11 is 6.23. The van der Waals surface area contributed by atoms with Crippen molar-refractivity contribution in [2.45, 2.75) is 13.0 Å². The van der Waals surface area contributed by atoms with Crippen LogP contribution in [0.4, 0.5) is 5.69 Å². The van der Waals surface area contributed by atoms with Crippen molar-refractivity contribution in [1.29, 1.82) is 0 Å². The molecule has 0 aliphatic carbocycles. The Morgan fingerprint density at radius 2 is 2.06 bits per heavy atom. The number of hydrogen-bond donors (Lipinski definition) is 2. The summed E-state index contributed by atoms with van der Waals surface area (Å²) in [6, 6.07) is 5.78. The molecule has 1 saturated heterocycles. The molecule has 16 heavy (non-hydrogen) atoms. The van der Waals surface area contributed by atoms with Gasteiger partial charge in [-0.2, -0.15) is 0 Å². The molecule has 1 heterocycles. The maximum atomic E-state index is 9.47. The van der Waals surface area contributed by atoms with Crippen molar-refractivity contribution in [3.63, 3.8) is 0 Å². The topological polar surface area (TPSA) is 35.5 Å². The van der Waals surface area contributed by atoms with E-state index in [0.717, 1.165) is 42.5 Å². The fourth-order valence-electron chi connectivity index (χ4n) is 1.95. The van der Waals surface area contributed by atoms with Gasteiger partial charge >= 0.3 is 0 Å². The molecule has 88 valence electrons. The standard InChI is InChI=1S/C12H17ClN2O/c1-9(16)10-2-3-12(11(13)8-10)15-6-4-14-5-7-15/h2-3,8-9,14,16H,4-7H2,1H3/t9-/m1/s1. The van der Waals surface area contributed by atoms with E-state index in [4.69, 9.17) is 11.6 Å². The molecular formula is C12H17ClN2O. The third-order valence-electron chi connectivity index (χ3n) is 2.91. The Balaban J connectivity index is 2.21. The van der Waals surface area contributed by atoms with E-state index < -0.39 is 6.10 Å². The van der Waals surface area contributed by atoms with Crippen molar-refractivity contribution in [1.82, 2.24) is 5.32 Å². The van der Waals surface area contributed by atoms with Crippen molar-refractivity contribution in [3.8, 4) is 0 Å². The molecule has 0 saturated carbocycles. The van der Waals surface area contributed by atoms with E-state index in [0.29, 0.717) is 0 Å². The maximum absolute atomic E-state index is 9.47. The smallest absolute Gasteiger partial charge is 0.0762 e. The highest BCUT2D eigenvalue weighted by molar-refractivity contribution is 6.33. The van der Waals surface area contributed by atoms with Crippen LogP contribution in [0.1, 0.15) is 18.6 Å². The quantitative estimate of drug-likeness (QED) is 0.828. The zero-order valence-corrected chi connectivity index (χ0v) is 10.2. The molecule has 1 atom stereocenters. The third-order valence-corrected chi connectivity index (χ3v) is 3.21. The van der Waals surface area contributed by atoms with Crippen LogP contribution in [0, 0.1) is 0 Å². The average molecular weight is 241 g/mol. The highest BCUT2D eigenvalue weighted by Crippen LogP contribution is 2.29. The Bertz CT molecular complexity index is 362. The lowest BCUT2D eigenvalue weighted by Crippen LogP contribution is -2.43. The number of nitrogens with zero attached hydrogens (tertiary/aromatic N) is 1. The van der Waals surface area contributed by atoms with E-state index in [1.165, 1.54) is 0 Å². The lowest BCUT2D eigenvalue weighted by Gasteiger charge is -2.30. The molecule has 0 amide bonds. The Morgan fingerprint density at radius 3 is 2.62 bits per heavy atom. The molecule has 4 heteroatoms. The van der Waals surface area contributed by atoms with Gasteiger partial charge in [-0.1, -0.05) is 17.7 Å². The van der Waals surface area contributed by atoms with Gasteiger partial charge in [-0.05, 0) is 24.6 Å². The van der Waals surface area contributed by atoms with Crippen LogP contribution in [-0.2, 0) is 0 Å². The summed E-state index contributed by atoms with van der Waals surface area (Å²) in [6.45, 7) is 5.70. The molecule has 0 spiro atoms. The van der Waals surface area contributed by atoms with Crippen LogP contribution in [-0.4, -0.2) is 31.3 Å². The van der Waals surface area contributed by atoms with Crippen molar-refractivity contribution in [2.24, 2.45) is 0 Å². The Kier molecular flexibility index (Phi) is 3.69. The van der Waals surface area contributed by atoms with E-state index in [1.807, 2.05) is 18.2 Å². The highest BCUT2D eigenvalue weighted by Gasteiger charge is 2.14. The van der Waals surface area contributed by atoms with Crippen LogP contribution in [0.5, 0.6) is 0 Å². The Hall–Kier alpha value is -0.770. The van der Waals surface area contributed by atoms with Crippen LogP contribution in [0.2, 0.25) is 5.02 Å². The number of aliphatic hydroxyl groups is 1. The van der Waals surface area contributed by atoms with Crippen molar-refractivity contribution in [2.75, 3.05) is 31.1 Å². The van der Waals surface area contributed by atoms with Crippen molar-refractivity contribution >= 4 is 17.3 Å². The van der Waals surface area contributed by atoms with Crippen LogP contribution in [0.3, 0.4) is 0 Å². The summed E-state index contributed by atoms with van der Waals surface area (Å²) in [5, 5.41) is 13.5. The lowest BCUT2D eigenvalue weighted by atomic mass is 10.1. The third kappa shape index (κ3) is 2.48. The highest BCUT2D eigenvalue weighted by atomic mass is 35.5. The van der Waals surface area contributed by atoms with Gasteiger partial charge in [0.1, 0.15) is 0 Å². The number of piperazine rings is 1. The SMILES string of the molecule is C[C@@H](O)c1ccc(N2CCNCC2)c(Cl)c1. The fraction of sp³-hybridized carbons (Fsp3) is 0.500. The van der Waals surface area contributed by atoms with Crippen LogP contribution in [0.15, 0.2) is 18.2 Å². The number of benzene rings is 1. The van der Waals surface area contributed by atoms with Crippen LogP contribution < -0.4 is 10.2 Å². The summed E-state index contributed by atoms with van der Waals surface area (Å²) < 4.78 is 0. The number of rotatable bonds is 2.